The number of hydrogen-bond donors (Lipinski definition) is 1. The molecular weight excluding hydrogens is 672 g/mol. The van der Waals surface area contributed by atoms with Crippen LogP contribution >= 0.6 is 0 Å². The highest BCUT2D eigenvalue weighted by Gasteiger charge is 2.48. The van der Waals surface area contributed by atoms with Crippen molar-refractivity contribution in [2.24, 2.45) is 5.41 Å². The molecule has 4 aromatic rings. The number of nitrogens with zero attached hydrogens (tertiary/aromatic N) is 2. The molecule has 52 heavy (non-hydrogen) atoms. The molecule has 0 spiro atoms. The zero-order valence-corrected chi connectivity index (χ0v) is 30.4. The number of ether oxygens (including phenoxy) is 6. The van der Waals surface area contributed by atoms with E-state index in [-0.39, 0.29) is 25.4 Å². The van der Waals surface area contributed by atoms with Gasteiger partial charge in [-0.05, 0) is 68.7 Å². The number of carbonyl (C=O) groups excluding carboxylic acids is 1. The van der Waals surface area contributed by atoms with E-state index >= 15 is 0 Å². The van der Waals surface area contributed by atoms with Crippen molar-refractivity contribution in [3.63, 3.8) is 0 Å². The molecule has 13 nitrogen and oxygen atoms in total. The van der Waals surface area contributed by atoms with E-state index in [9.17, 15) is 19.5 Å². The van der Waals surface area contributed by atoms with Gasteiger partial charge in [0.15, 0.2) is 6.23 Å². The lowest BCUT2D eigenvalue weighted by Gasteiger charge is -2.37. The summed E-state index contributed by atoms with van der Waals surface area (Å²) in [6.07, 6.45) is -3.42. The van der Waals surface area contributed by atoms with Crippen LogP contribution < -0.4 is 25.6 Å². The highest BCUT2D eigenvalue weighted by Crippen LogP contribution is 2.43. The summed E-state index contributed by atoms with van der Waals surface area (Å²) in [7, 11) is 4.69. The number of aliphatic hydroxyl groups excluding tert-OH is 1. The predicted molar refractivity (Wildman–Crippen MR) is 191 cm³/mol. The summed E-state index contributed by atoms with van der Waals surface area (Å²) >= 11 is 0. The van der Waals surface area contributed by atoms with Crippen molar-refractivity contribution in [3.8, 4) is 11.5 Å². The maximum Gasteiger partial charge on any atom is 0.367 e. The summed E-state index contributed by atoms with van der Waals surface area (Å²) in [5.41, 5.74) is -1.60. The summed E-state index contributed by atoms with van der Waals surface area (Å²) in [6, 6.07) is 24.6. The zero-order valence-electron chi connectivity index (χ0n) is 30.4. The van der Waals surface area contributed by atoms with Gasteiger partial charge < -0.3 is 38.4 Å². The highest BCUT2D eigenvalue weighted by molar-refractivity contribution is 5.75. The molecule has 0 amide bonds. The van der Waals surface area contributed by atoms with Gasteiger partial charge in [-0.15, -0.1) is 0 Å². The minimum Gasteiger partial charge on any atom is -0.497 e. The third-order valence-corrected chi connectivity index (χ3v) is 8.86. The third kappa shape index (κ3) is 7.83. The van der Waals surface area contributed by atoms with E-state index in [1.54, 1.807) is 35.0 Å². The van der Waals surface area contributed by atoms with E-state index in [2.05, 4.69) is 0 Å². The maximum atomic E-state index is 13.8. The second-order valence-corrected chi connectivity index (χ2v) is 13.4. The molecule has 0 radical (unpaired) electrons. The lowest BCUT2D eigenvalue weighted by Crippen LogP contribution is -2.50. The summed E-state index contributed by atoms with van der Waals surface area (Å²) in [4.78, 5) is 44.9. The van der Waals surface area contributed by atoms with E-state index in [0.29, 0.717) is 16.2 Å². The predicted octanol–water partition coefficient (Wildman–Crippen LogP) is 3.64. The fraction of sp³-hybridized carbons (Fsp3) is 0.410. The molecule has 2 heterocycles. The van der Waals surface area contributed by atoms with Crippen LogP contribution in [0.25, 0.3) is 0 Å². The third-order valence-electron chi connectivity index (χ3n) is 8.86. The average Bonchev–Trinajstić information content (AvgIpc) is 3.46. The Hall–Kier alpha value is -4.79. The van der Waals surface area contributed by atoms with Gasteiger partial charge in [0.1, 0.15) is 35.4 Å². The van der Waals surface area contributed by atoms with Gasteiger partial charge in [0.25, 0.3) is 5.56 Å². The van der Waals surface area contributed by atoms with E-state index < -0.39 is 52.8 Å². The van der Waals surface area contributed by atoms with Gasteiger partial charge >= 0.3 is 11.7 Å². The number of rotatable bonds is 14. The summed E-state index contributed by atoms with van der Waals surface area (Å²) in [5, 5.41) is 11.8. The molecule has 3 aromatic carbocycles. The Bertz CT molecular complexity index is 1870. The number of aliphatic hydroxyl groups is 1. The largest absolute Gasteiger partial charge is 0.497 e. The van der Waals surface area contributed by atoms with Crippen molar-refractivity contribution in [1.29, 1.82) is 0 Å². The van der Waals surface area contributed by atoms with Crippen molar-refractivity contribution >= 4 is 5.97 Å². The van der Waals surface area contributed by atoms with Crippen LogP contribution in [0.2, 0.25) is 0 Å². The van der Waals surface area contributed by atoms with Crippen LogP contribution in [0.3, 0.4) is 0 Å². The molecule has 0 unspecified atom stereocenters. The molecule has 278 valence electrons. The van der Waals surface area contributed by atoms with Crippen molar-refractivity contribution in [1.82, 2.24) is 9.30 Å². The molecule has 4 atom stereocenters. The van der Waals surface area contributed by atoms with E-state index in [1.807, 2.05) is 78.9 Å². The molecule has 0 bridgehead atoms. The van der Waals surface area contributed by atoms with Crippen molar-refractivity contribution in [2.45, 2.75) is 57.8 Å². The molecule has 1 N–H and O–H groups in total. The minimum atomic E-state index is -1.31. The Balaban J connectivity index is 1.58. The molecule has 13 heteroatoms. The van der Waals surface area contributed by atoms with Gasteiger partial charge in [-0.1, -0.05) is 59.3 Å². The van der Waals surface area contributed by atoms with E-state index in [0.717, 1.165) is 21.3 Å². The average molecular weight is 719 g/mol. The number of aryl methyl sites for hydroxylation is 1. The van der Waals surface area contributed by atoms with Crippen LogP contribution in [0.1, 0.15) is 49.3 Å². The van der Waals surface area contributed by atoms with Crippen molar-refractivity contribution < 1.29 is 43.2 Å². The molecule has 0 saturated carbocycles. The van der Waals surface area contributed by atoms with Crippen LogP contribution in [0, 0.1) is 12.3 Å². The number of aromatic nitrogens is 2. The molecule has 1 aliphatic rings. The normalized spacial score (nSPS) is 19.0. The van der Waals surface area contributed by atoms with E-state index in [1.165, 1.54) is 20.2 Å². The topological polar surface area (TPSA) is 146 Å². The summed E-state index contributed by atoms with van der Waals surface area (Å²) in [5.74, 6) is 0.526. The van der Waals surface area contributed by atoms with Gasteiger partial charge in [0.05, 0.1) is 39.5 Å². The quantitative estimate of drug-likeness (QED) is 0.151. The molecule has 5 rings (SSSR count). The lowest BCUT2D eigenvalue weighted by molar-refractivity contribution is -0.155. The van der Waals surface area contributed by atoms with Crippen molar-refractivity contribution in [3.05, 3.63) is 128 Å². The smallest absolute Gasteiger partial charge is 0.367 e. The Morgan fingerprint density at radius 2 is 1.38 bits per heavy atom. The first-order chi connectivity index (χ1) is 24.8. The monoisotopic (exact) mass is 718 g/mol. The molecular formula is C39H46N2O11. The Morgan fingerprint density at radius 3 is 1.90 bits per heavy atom. The van der Waals surface area contributed by atoms with Crippen molar-refractivity contribution in [2.75, 3.05) is 41.2 Å². The van der Waals surface area contributed by atoms with Crippen LogP contribution in [-0.2, 0) is 29.3 Å². The second kappa shape index (κ2) is 16.3. The maximum absolute atomic E-state index is 13.8. The van der Waals surface area contributed by atoms with Crippen LogP contribution in [0.15, 0.2) is 94.6 Å². The zero-order chi connectivity index (χ0) is 37.6. The van der Waals surface area contributed by atoms with Crippen LogP contribution in [0.5, 0.6) is 11.5 Å². The molecule has 1 aliphatic heterocycles. The minimum absolute atomic E-state index is 0.0592. The van der Waals surface area contributed by atoms with Gasteiger partial charge in [-0.25, -0.2) is 9.59 Å². The Kier molecular flexibility index (Phi) is 12.0. The van der Waals surface area contributed by atoms with Crippen LogP contribution in [-0.4, -0.2) is 79.8 Å². The fourth-order valence-electron chi connectivity index (χ4n) is 5.96. The SMILES string of the molecule is COCCO[C@@H]1[C@H](O)[C@@H](COC(c2ccccc2)(c2ccc(OC)cc2)c2ccc(OC)cc2)O[C@H]1n1cc(C)c(=O)n(OC(=O)C(C)(C)C)c1=O. The Morgan fingerprint density at radius 1 is 0.827 bits per heavy atom. The molecule has 1 fully saturated rings. The molecule has 1 saturated heterocycles. The van der Waals surface area contributed by atoms with E-state index in [4.69, 9.17) is 33.3 Å². The number of benzene rings is 3. The number of hydrogen-bond acceptors (Lipinski definition) is 11. The van der Waals surface area contributed by atoms with Gasteiger partial charge in [-0.2, -0.15) is 0 Å². The molecule has 1 aromatic heterocycles. The van der Waals surface area contributed by atoms with Gasteiger partial charge in [0.2, 0.25) is 0 Å². The highest BCUT2D eigenvalue weighted by atomic mass is 16.7. The first kappa shape index (κ1) is 38.4. The molecule has 0 aliphatic carbocycles. The summed E-state index contributed by atoms with van der Waals surface area (Å²) in [6.45, 7) is 6.35. The number of methoxy groups -OCH3 is 3. The van der Waals surface area contributed by atoms with Gasteiger partial charge in [-0.3, -0.25) is 9.36 Å². The number of carbonyl (C=O) groups is 1. The first-order valence-corrected chi connectivity index (χ1v) is 16.9. The second-order valence-electron chi connectivity index (χ2n) is 13.4. The summed E-state index contributed by atoms with van der Waals surface area (Å²) < 4.78 is 37.0. The van der Waals surface area contributed by atoms with Crippen LogP contribution in [0.4, 0.5) is 0 Å². The Labute approximate surface area is 302 Å². The first-order valence-electron chi connectivity index (χ1n) is 16.9. The fourth-order valence-corrected chi connectivity index (χ4v) is 5.96. The standard InChI is InChI=1S/C39H46N2O11/c1-25-23-40(37(45)41(34(25)43)52-36(44)38(2,3)4)35-33(49-22-21-46-5)32(42)31(51-35)24-50-39(26-11-9-8-10-12-26,27-13-17-29(47-6)18-14-27)28-15-19-30(48-7)20-16-28/h8-20,23,31-33,35,42H,21-22,24H2,1-7H3/t31-,32-,33-,35-/m1/s1. The lowest BCUT2D eigenvalue weighted by atomic mass is 9.80. The van der Waals surface area contributed by atoms with Gasteiger partial charge in [0, 0.05) is 18.9 Å².